The molecule has 1 aliphatic carbocycles. The number of anilines is 1. The van der Waals surface area contributed by atoms with Crippen molar-refractivity contribution in [3.63, 3.8) is 0 Å². The van der Waals surface area contributed by atoms with E-state index in [1.165, 1.54) is 12.3 Å². The van der Waals surface area contributed by atoms with Crippen molar-refractivity contribution in [1.82, 2.24) is 14.5 Å². The molecule has 0 saturated carbocycles. The zero-order valence-corrected chi connectivity index (χ0v) is 24.5. The van der Waals surface area contributed by atoms with Crippen molar-refractivity contribution in [3.8, 4) is 23.0 Å². The number of hydrogen-bond donors (Lipinski definition) is 1. The fraction of sp³-hybridized carbons (Fsp3) is 0.206. The van der Waals surface area contributed by atoms with E-state index in [9.17, 15) is 14.4 Å². The predicted molar refractivity (Wildman–Crippen MR) is 165 cm³/mol. The number of fused-ring (bicyclic) bond motifs is 2. The molecule has 1 aliphatic rings. The average Bonchev–Trinajstić information content (AvgIpc) is 3.05. The van der Waals surface area contributed by atoms with Gasteiger partial charge in [0, 0.05) is 35.3 Å². The largest absolute Gasteiger partial charge is 0.493 e. The lowest BCUT2D eigenvalue weighted by atomic mass is 9.92. The Morgan fingerprint density at radius 1 is 0.909 bits per heavy atom. The summed E-state index contributed by atoms with van der Waals surface area (Å²) in [5.41, 5.74) is 2.08. The number of nitrogens with one attached hydrogen (secondary N) is 1. The molecule has 44 heavy (non-hydrogen) atoms. The second kappa shape index (κ2) is 12.0. The smallest absolute Gasteiger partial charge is 0.264 e. The highest BCUT2D eigenvalue weighted by atomic mass is 16.5. The minimum atomic E-state index is -0.646. The standard InChI is InChI=1S/C34H30N4O6/c1-20(21-8-5-4-6-9-21)38-27-10-7-11-28(39)24(27)16-25(34(38)41)33(40)37-32-13-12-22(19-36-32)44-29-14-15-35-26-18-31(43-3)30(42-2)17-23(26)29/h4-6,8-9,12-20H,7,10-11H2,1-3H3,(H,36,37,40)/t20-/m0/s1. The summed E-state index contributed by atoms with van der Waals surface area (Å²) in [6, 6.07) is 19.1. The number of carbonyl (C=O) groups excluding carboxylic acids is 2. The highest BCUT2D eigenvalue weighted by molar-refractivity contribution is 6.06. The molecule has 0 fully saturated rings. The topological polar surface area (TPSA) is 122 Å². The van der Waals surface area contributed by atoms with Crippen LogP contribution >= 0.6 is 0 Å². The number of benzene rings is 2. The summed E-state index contributed by atoms with van der Waals surface area (Å²) in [6.07, 6.45) is 4.72. The van der Waals surface area contributed by atoms with Gasteiger partial charge in [0.2, 0.25) is 0 Å². The maximum Gasteiger partial charge on any atom is 0.264 e. The Hall–Kier alpha value is -5.51. The van der Waals surface area contributed by atoms with Crippen molar-refractivity contribution in [2.75, 3.05) is 19.5 Å². The van der Waals surface area contributed by atoms with Crippen molar-refractivity contribution in [3.05, 3.63) is 112 Å². The molecule has 0 unspecified atom stereocenters. The number of ketones is 1. The first-order valence-electron chi connectivity index (χ1n) is 14.2. The van der Waals surface area contributed by atoms with Crippen LogP contribution in [0.25, 0.3) is 10.9 Å². The van der Waals surface area contributed by atoms with Crippen LogP contribution in [0.3, 0.4) is 0 Å². The van der Waals surface area contributed by atoms with Gasteiger partial charge in [0.05, 0.1) is 32.0 Å². The lowest BCUT2D eigenvalue weighted by Crippen LogP contribution is -2.36. The lowest BCUT2D eigenvalue weighted by Gasteiger charge is -2.26. The molecule has 1 atom stereocenters. The number of hydrogen-bond acceptors (Lipinski definition) is 8. The van der Waals surface area contributed by atoms with Crippen LogP contribution in [0.2, 0.25) is 0 Å². The van der Waals surface area contributed by atoms with Gasteiger partial charge in [0.1, 0.15) is 22.9 Å². The number of amides is 1. The van der Waals surface area contributed by atoms with Crippen molar-refractivity contribution in [2.45, 2.75) is 32.2 Å². The molecule has 3 heterocycles. The molecule has 6 rings (SSSR count). The van der Waals surface area contributed by atoms with Gasteiger partial charge >= 0.3 is 0 Å². The van der Waals surface area contributed by atoms with Crippen LogP contribution in [-0.2, 0) is 6.42 Å². The fourth-order valence-electron chi connectivity index (χ4n) is 5.53. The number of carbonyl (C=O) groups is 2. The third-order valence-corrected chi connectivity index (χ3v) is 7.78. The van der Waals surface area contributed by atoms with Gasteiger partial charge < -0.3 is 24.1 Å². The zero-order chi connectivity index (χ0) is 30.8. The summed E-state index contributed by atoms with van der Waals surface area (Å²) >= 11 is 0. The van der Waals surface area contributed by atoms with Gasteiger partial charge in [-0.2, -0.15) is 0 Å². The van der Waals surface area contributed by atoms with Crippen LogP contribution in [0.1, 0.15) is 57.8 Å². The van der Waals surface area contributed by atoms with Gasteiger partial charge in [-0.1, -0.05) is 30.3 Å². The van der Waals surface area contributed by atoms with E-state index in [0.717, 1.165) is 5.56 Å². The van der Waals surface area contributed by atoms with Crippen molar-refractivity contribution >= 4 is 28.4 Å². The first kappa shape index (κ1) is 28.6. The number of nitrogens with zero attached hydrogens (tertiary/aromatic N) is 3. The average molecular weight is 591 g/mol. The third kappa shape index (κ3) is 5.37. The van der Waals surface area contributed by atoms with E-state index >= 15 is 0 Å². The van der Waals surface area contributed by atoms with Crippen LogP contribution in [0, 0.1) is 0 Å². The molecule has 0 radical (unpaired) electrons. The van der Waals surface area contributed by atoms with Gasteiger partial charge in [-0.05, 0) is 55.7 Å². The normalized spacial score (nSPS) is 13.2. The van der Waals surface area contributed by atoms with E-state index in [1.54, 1.807) is 55.3 Å². The molecule has 0 aliphatic heterocycles. The Morgan fingerprint density at radius 3 is 2.41 bits per heavy atom. The van der Waals surface area contributed by atoms with Gasteiger partial charge in [-0.25, -0.2) is 4.98 Å². The van der Waals surface area contributed by atoms with E-state index in [4.69, 9.17) is 14.2 Å². The minimum absolute atomic E-state index is 0.0753. The molecule has 0 bridgehead atoms. The van der Waals surface area contributed by atoms with Crippen molar-refractivity contribution in [1.29, 1.82) is 0 Å². The summed E-state index contributed by atoms with van der Waals surface area (Å²) < 4.78 is 18.5. The molecule has 1 N–H and O–H groups in total. The van der Waals surface area contributed by atoms with Crippen LogP contribution in [0.15, 0.2) is 83.9 Å². The summed E-state index contributed by atoms with van der Waals surface area (Å²) in [5.74, 6) is 1.54. The maximum atomic E-state index is 13.8. The number of ether oxygens (including phenoxy) is 3. The van der Waals surface area contributed by atoms with Crippen LogP contribution < -0.4 is 25.1 Å². The number of aromatic nitrogens is 3. The molecule has 0 saturated heterocycles. The van der Waals surface area contributed by atoms with Crippen LogP contribution in [0.4, 0.5) is 5.82 Å². The summed E-state index contributed by atoms with van der Waals surface area (Å²) in [5, 5.41) is 3.42. The van der Waals surface area contributed by atoms with E-state index in [0.29, 0.717) is 64.4 Å². The highest BCUT2D eigenvalue weighted by Gasteiger charge is 2.28. The number of methoxy groups -OCH3 is 2. The quantitative estimate of drug-likeness (QED) is 0.234. The zero-order valence-electron chi connectivity index (χ0n) is 24.5. The van der Waals surface area contributed by atoms with Crippen molar-refractivity contribution < 1.29 is 23.8 Å². The van der Waals surface area contributed by atoms with Crippen LogP contribution in [0.5, 0.6) is 23.0 Å². The summed E-state index contributed by atoms with van der Waals surface area (Å²) in [7, 11) is 3.11. The van der Waals surface area contributed by atoms with E-state index < -0.39 is 11.5 Å². The minimum Gasteiger partial charge on any atom is -0.493 e. The Labute approximate surface area is 253 Å². The number of Topliss-reactive ketones (excluding diaryl/α,β-unsaturated/α-hetero) is 1. The van der Waals surface area contributed by atoms with E-state index in [2.05, 4.69) is 15.3 Å². The maximum absolute atomic E-state index is 13.8. The third-order valence-electron chi connectivity index (χ3n) is 7.78. The Kier molecular flexibility index (Phi) is 7.80. The Morgan fingerprint density at radius 2 is 1.68 bits per heavy atom. The lowest BCUT2D eigenvalue weighted by molar-refractivity contribution is 0.0970. The second-order valence-corrected chi connectivity index (χ2v) is 10.4. The number of rotatable bonds is 8. The molecule has 5 aromatic rings. The molecule has 222 valence electrons. The molecular weight excluding hydrogens is 560 g/mol. The Bertz CT molecular complexity index is 1940. The highest BCUT2D eigenvalue weighted by Crippen LogP contribution is 2.37. The molecule has 10 heteroatoms. The van der Waals surface area contributed by atoms with E-state index in [1.807, 2.05) is 37.3 Å². The second-order valence-electron chi connectivity index (χ2n) is 10.4. The Balaban J connectivity index is 1.27. The predicted octanol–water partition coefficient (Wildman–Crippen LogP) is 5.98. The van der Waals surface area contributed by atoms with E-state index in [-0.39, 0.29) is 23.2 Å². The summed E-state index contributed by atoms with van der Waals surface area (Å²) in [4.78, 5) is 48.8. The first-order chi connectivity index (χ1) is 21.4. The SMILES string of the molecule is COc1cc2nccc(Oc3ccc(NC(=O)c4cc5c(n([C@@H](C)c6ccccc6)c4=O)CCCC5=O)nc3)c2cc1OC. The summed E-state index contributed by atoms with van der Waals surface area (Å²) in [6.45, 7) is 1.90. The molecule has 2 aromatic carbocycles. The molecular formula is C34H30N4O6. The monoisotopic (exact) mass is 590 g/mol. The molecule has 10 nitrogen and oxygen atoms in total. The van der Waals surface area contributed by atoms with Gasteiger partial charge in [-0.3, -0.25) is 19.4 Å². The molecule has 1 amide bonds. The van der Waals surface area contributed by atoms with Gasteiger partial charge in [-0.15, -0.1) is 0 Å². The first-order valence-corrected chi connectivity index (χ1v) is 14.2. The molecule has 0 spiro atoms. The van der Waals surface area contributed by atoms with Crippen LogP contribution in [-0.4, -0.2) is 40.4 Å². The molecule has 3 aromatic heterocycles. The fourth-order valence-corrected chi connectivity index (χ4v) is 5.53. The van der Waals surface area contributed by atoms with Gasteiger partial charge in [0.15, 0.2) is 17.3 Å². The van der Waals surface area contributed by atoms with Gasteiger partial charge in [0.25, 0.3) is 11.5 Å². The number of pyridine rings is 3. The van der Waals surface area contributed by atoms with Crippen molar-refractivity contribution in [2.24, 2.45) is 0 Å².